The average molecular weight is 384 g/mol. The number of rotatable bonds is 5. The van der Waals surface area contributed by atoms with Gasteiger partial charge in [0.05, 0.1) is 17.5 Å². The Labute approximate surface area is 155 Å². The van der Waals surface area contributed by atoms with Crippen molar-refractivity contribution in [2.75, 3.05) is 16.3 Å². The van der Waals surface area contributed by atoms with Crippen molar-refractivity contribution in [3.8, 4) is 11.3 Å². The molecule has 26 heavy (non-hydrogen) atoms. The predicted molar refractivity (Wildman–Crippen MR) is 108 cm³/mol. The predicted octanol–water partition coefficient (Wildman–Crippen LogP) is 4.41. The second kappa shape index (κ2) is 6.47. The van der Waals surface area contributed by atoms with Crippen molar-refractivity contribution in [3.05, 3.63) is 59.4 Å². The van der Waals surface area contributed by atoms with E-state index in [0.717, 1.165) is 34.1 Å². The monoisotopic (exact) mass is 384 g/mol. The fourth-order valence-corrected chi connectivity index (χ4v) is 3.95. The van der Waals surface area contributed by atoms with E-state index < -0.39 is 10.0 Å². The van der Waals surface area contributed by atoms with E-state index in [2.05, 4.69) is 37.5 Å². The summed E-state index contributed by atoms with van der Waals surface area (Å²) in [6.07, 6.45) is 2.86. The largest absolute Gasteiger partial charge is 0.354 e. The first-order valence-electron chi connectivity index (χ1n) is 7.83. The number of thiophene rings is 1. The van der Waals surface area contributed by atoms with Crippen molar-refractivity contribution in [3.63, 3.8) is 0 Å². The second-order valence-corrected chi connectivity index (χ2v) is 8.42. The third kappa shape index (κ3) is 3.56. The maximum Gasteiger partial charge on any atom is 0.229 e. The summed E-state index contributed by atoms with van der Waals surface area (Å²) < 4.78 is 25.3. The molecule has 1 aromatic carbocycles. The third-order valence-electron chi connectivity index (χ3n) is 3.81. The van der Waals surface area contributed by atoms with Gasteiger partial charge in [0, 0.05) is 33.9 Å². The summed E-state index contributed by atoms with van der Waals surface area (Å²) in [5.41, 5.74) is 4.39. The van der Waals surface area contributed by atoms with Crippen molar-refractivity contribution >= 4 is 49.5 Å². The fraction of sp³-hybridized carbons (Fsp3) is 0.0556. The molecule has 3 aromatic heterocycles. The van der Waals surface area contributed by atoms with Crippen LogP contribution in [-0.4, -0.2) is 24.6 Å². The molecule has 0 radical (unpaired) electrons. The molecular formula is C18H16N4O2S2. The normalized spacial score (nSPS) is 11.6. The molecule has 0 amide bonds. The minimum atomic E-state index is -3.32. The first kappa shape index (κ1) is 16.6. The van der Waals surface area contributed by atoms with E-state index in [1.165, 1.54) is 0 Å². The molecule has 0 aliphatic heterocycles. The van der Waals surface area contributed by atoms with Crippen LogP contribution in [0.4, 0.5) is 17.2 Å². The van der Waals surface area contributed by atoms with Gasteiger partial charge in [-0.3, -0.25) is 4.72 Å². The number of H-pyrrole nitrogens is 1. The van der Waals surface area contributed by atoms with Gasteiger partial charge >= 0.3 is 0 Å². The lowest BCUT2D eigenvalue weighted by Gasteiger charge is -2.09. The summed E-state index contributed by atoms with van der Waals surface area (Å²) in [6, 6.07) is 13.1. The average Bonchev–Trinajstić information content (AvgIpc) is 3.23. The number of aromatic nitrogens is 2. The molecule has 4 aromatic rings. The van der Waals surface area contributed by atoms with Gasteiger partial charge in [0.15, 0.2) is 0 Å². The summed E-state index contributed by atoms with van der Waals surface area (Å²) in [4.78, 5) is 7.84. The van der Waals surface area contributed by atoms with Gasteiger partial charge in [-0.15, -0.1) is 0 Å². The molecule has 3 N–H and O–H groups in total. The molecule has 0 saturated heterocycles. The van der Waals surface area contributed by atoms with Crippen molar-refractivity contribution in [2.24, 2.45) is 0 Å². The van der Waals surface area contributed by atoms with Crippen LogP contribution in [0.5, 0.6) is 0 Å². The highest BCUT2D eigenvalue weighted by Crippen LogP contribution is 2.30. The maximum atomic E-state index is 11.4. The Balaban J connectivity index is 1.68. The Morgan fingerprint density at radius 3 is 2.73 bits per heavy atom. The number of benzene rings is 1. The Kier molecular flexibility index (Phi) is 4.14. The molecule has 0 spiro atoms. The minimum absolute atomic E-state index is 0.498. The summed E-state index contributed by atoms with van der Waals surface area (Å²) in [7, 11) is -3.32. The number of pyridine rings is 1. The number of hydrogen-bond donors (Lipinski definition) is 3. The van der Waals surface area contributed by atoms with Crippen LogP contribution in [-0.2, 0) is 10.0 Å². The molecule has 0 aliphatic rings. The lowest BCUT2D eigenvalue weighted by Crippen LogP contribution is -2.09. The highest BCUT2D eigenvalue weighted by Gasteiger charge is 2.09. The first-order valence-corrected chi connectivity index (χ1v) is 10.7. The molecule has 0 atom stereocenters. The number of sulfonamides is 1. The molecule has 0 fully saturated rings. The van der Waals surface area contributed by atoms with Crippen LogP contribution in [0.25, 0.3) is 22.2 Å². The van der Waals surface area contributed by atoms with Crippen LogP contribution >= 0.6 is 11.3 Å². The lowest BCUT2D eigenvalue weighted by molar-refractivity contribution is 0.607. The zero-order valence-corrected chi connectivity index (χ0v) is 15.5. The smallest absolute Gasteiger partial charge is 0.229 e. The summed E-state index contributed by atoms with van der Waals surface area (Å²) in [5.74, 6) is 0.705. The van der Waals surface area contributed by atoms with Gasteiger partial charge < -0.3 is 10.3 Å². The standard InChI is InChI=1S/C18H16N4O2S2/c1-26(23,24)22-14-4-2-3-13(9-14)20-18-15-10-17(12-6-8-25-11-12)21-16(15)5-7-19-18/h2-11,21-22H,1H3,(H,19,20). The molecule has 0 aliphatic carbocycles. The van der Waals surface area contributed by atoms with Gasteiger partial charge in [-0.2, -0.15) is 11.3 Å². The number of nitrogens with zero attached hydrogens (tertiary/aromatic N) is 1. The molecule has 0 unspecified atom stereocenters. The number of nitrogens with one attached hydrogen (secondary N) is 3. The molecule has 0 bridgehead atoms. The van der Waals surface area contributed by atoms with Gasteiger partial charge in [0.1, 0.15) is 5.82 Å². The number of fused-ring (bicyclic) bond motifs is 1. The van der Waals surface area contributed by atoms with Crippen LogP contribution < -0.4 is 10.0 Å². The molecule has 132 valence electrons. The van der Waals surface area contributed by atoms with Gasteiger partial charge in [-0.05, 0) is 41.8 Å². The zero-order chi connectivity index (χ0) is 18.1. The van der Waals surface area contributed by atoms with E-state index in [-0.39, 0.29) is 0 Å². The Morgan fingerprint density at radius 2 is 1.96 bits per heavy atom. The zero-order valence-electron chi connectivity index (χ0n) is 13.9. The van der Waals surface area contributed by atoms with Gasteiger partial charge in [0.25, 0.3) is 0 Å². The first-order chi connectivity index (χ1) is 12.5. The van der Waals surface area contributed by atoms with Crippen LogP contribution in [0.2, 0.25) is 0 Å². The van der Waals surface area contributed by atoms with E-state index in [1.54, 1.807) is 35.7 Å². The molecule has 8 heteroatoms. The Morgan fingerprint density at radius 1 is 1.12 bits per heavy atom. The third-order valence-corrected chi connectivity index (χ3v) is 5.10. The van der Waals surface area contributed by atoms with Gasteiger partial charge in [0.2, 0.25) is 10.0 Å². The summed E-state index contributed by atoms with van der Waals surface area (Å²) in [6.45, 7) is 0. The van der Waals surface area contributed by atoms with Crippen molar-refractivity contribution in [2.45, 2.75) is 0 Å². The van der Waals surface area contributed by atoms with E-state index in [1.807, 2.05) is 17.5 Å². The summed E-state index contributed by atoms with van der Waals surface area (Å²) >= 11 is 1.65. The highest BCUT2D eigenvalue weighted by molar-refractivity contribution is 7.92. The Bertz CT molecular complexity index is 1170. The van der Waals surface area contributed by atoms with E-state index in [9.17, 15) is 8.42 Å². The fourth-order valence-electron chi connectivity index (χ4n) is 2.74. The minimum Gasteiger partial charge on any atom is -0.354 e. The van der Waals surface area contributed by atoms with Crippen molar-refractivity contribution in [1.82, 2.24) is 9.97 Å². The topological polar surface area (TPSA) is 86.9 Å². The highest BCUT2D eigenvalue weighted by atomic mass is 32.2. The molecule has 0 saturated carbocycles. The van der Waals surface area contributed by atoms with Crippen molar-refractivity contribution in [1.29, 1.82) is 0 Å². The molecular weight excluding hydrogens is 368 g/mol. The van der Waals surface area contributed by atoms with Crippen molar-refractivity contribution < 1.29 is 8.42 Å². The quantitative estimate of drug-likeness (QED) is 0.476. The molecule has 6 nitrogen and oxygen atoms in total. The van der Waals surface area contributed by atoms with Crippen LogP contribution in [0, 0.1) is 0 Å². The Hall–Kier alpha value is -2.84. The number of anilines is 3. The second-order valence-electron chi connectivity index (χ2n) is 5.90. The molecule has 4 rings (SSSR count). The van der Waals surface area contributed by atoms with Gasteiger partial charge in [-0.25, -0.2) is 13.4 Å². The summed E-state index contributed by atoms with van der Waals surface area (Å²) in [5, 5.41) is 8.37. The van der Waals surface area contributed by atoms with E-state index >= 15 is 0 Å². The maximum absolute atomic E-state index is 11.4. The van der Waals surface area contributed by atoms with Crippen LogP contribution in [0.15, 0.2) is 59.4 Å². The molecule has 3 heterocycles. The lowest BCUT2D eigenvalue weighted by atomic mass is 10.2. The van der Waals surface area contributed by atoms with Crippen LogP contribution in [0.3, 0.4) is 0 Å². The number of hydrogen-bond acceptors (Lipinski definition) is 5. The van der Waals surface area contributed by atoms with Gasteiger partial charge in [-0.1, -0.05) is 6.07 Å². The van der Waals surface area contributed by atoms with E-state index in [0.29, 0.717) is 11.5 Å². The van der Waals surface area contributed by atoms with E-state index in [4.69, 9.17) is 0 Å². The SMILES string of the molecule is CS(=O)(=O)Nc1cccc(Nc2nccc3[nH]c(-c4ccsc4)cc23)c1. The van der Waals surface area contributed by atoms with Crippen LogP contribution in [0.1, 0.15) is 0 Å². The number of aromatic amines is 1.